The lowest BCUT2D eigenvalue weighted by atomic mass is 10.0. The van der Waals surface area contributed by atoms with Gasteiger partial charge in [0.05, 0.1) is 6.61 Å². The zero-order valence-electron chi connectivity index (χ0n) is 10.5. The maximum Gasteiger partial charge on any atom is 0.332 e. The van der Waals surface area contributed by atoms with Gasteiger partial charge in [-0.3, -0.25) is 4.79 Å². The molecule has 0 aliphatic carbocycles. The van der Waals surface area contributed by atoms with Gasteiger partial charge in [-0.1, -0.05) is 20.3 Å². The number of rotatable bonds is 6. The molecule has 0 rings (SSSR count). The van der Waals surface area contributed by atoms with E-state index in [1.807, 2.05) is 0 Å². The number of hydrogen-bond donors (Lipinski definition) is 1. The number of nitrogens with one attached hydrogen (secondary N) is 1. The molecule has 0 saturated carbocycles. The van der Waals surface area contributed by atoms with E-state index in [4.69, 9.17) is 4.74 Å². The van der Waals surface area contributed by atoms with Gasteiger partial charge >= 0.3 is 5.97 Å². The maximum atomic E-state index is 11.3. The highest BCUT2D eigenvalue weighted by molar-refractivity contribution is 5.84. The SMILES string of the molecule is CCOC(=O)/C=C(\C[C@H](C)CC)NC(C)=O. The molecule has 1 N–H and O–H groups in total. The number of hydrogen-bond acceptors (Lipinski definition) is 3. The van der Waals surface area contributed by atoms with Crippen LogP contribution in [0.3, 0.4) is 0 Å². The van der Waals surface area contributed by atoms with Crippen LogP contribution in [0.25, 0.3) is 0 Å². The molecule has 0 heterocycles. The molecular weight excluding hydrogens is 206 g/mol. The van der Waals surface area contributed by atoms with Crippen molar-refractivity contribution in [3.8, 4) is 0 Å². The molecule has 1 amide bonds. The Balaban J connectivity index is 4.51. The summed E-state index contributed by atoms with van der Waals surface area (Å²) in [5, 5.41) is 2.66. The summed E-state index contributed by atoms with van der Waals surface area (Å²) in [5.41, 5.74) is 0.625. The summed E-state index contributed by atoms with van der Waals surface area (Å²) in [4.78, 5) is 22.2. The summed E-state index contributed by atoms with van der Waals surface area (Å²) in [5.74, 6) is -0.152. The Kier molecular flexibility index (Phi) is 7.25. The van der Waals surface area contributed by atoms with Gasteiger partial charge in [0.15, 0.2) is 0 Å². The van der Waals surface area contributed by atoms with Crippen molar-refractivity contribution in [2.75, 3.05) is 6.61 Å². The standard InChI is InChI=1S/C12H21NO3/c1-5-9(3)7-11(13-10(4)14)8-12(15)16-6-2/h8-9H,5-7H2,1-4H3,(H,13,14)/b11-8+/t9-/m1/s1. The number of esters is 1. The monoisotopic (exact) mass is 227 g/mol. The molecule has 0 aliphatic rings. The van der Waals surface area contributed by atoms with Gasteiger partial charge in [-0.25, -0.2) is 4.79 Å². The molecule has 16 heavy (non-hydrogen) atoms. The van der Waals surface area contributed by atoms with Crippen LogP contribution in [-0.2, 0) is 14.3 Å². The van der Waals surface area contributed by atoms with Crippen LogP contribution < -0.4 is 5.32 Å². The van der Waals surface area contributed by atoms with E-state index in [0.717, 1.165) is 6.42 Å². The van der Waals surface area contributed by atoms with E-state index >= 15 is 0 Å². The first-order valence-corrected chi connectivity index (χ1v) is 5.64. The van der Waals surface area contributed by atoms with Crippen molar-refractivity contribution < 1.29 is 14.3 Å². The fraction of sp³-hybridized carbons (Fsp3) is 0.667. The van der Waals surface area contributed by atoms with Crippen molar-refractivity contribution in [1.29, 1.82) is 0 Å². The van der Waals surface area contributed by atoms with Crippen molar-refractivity contribution >= 4 is 11.9 Å². The minimum atomic E-state index is -0.408. The highest BCUT2D eigenvalue weighted by Gasteiger charge is 2.08. The molecule has 1 atom stereocenters. The zero-order chi connectivity index (χ0) is 12.6. The molecule has 0 aliphatic heterocycles. The number of carbonyl (C=O) groups excluding carboxylic acids is 2. The van der Waals surface area contributed by atoms with Gasteiger partial charge in [0.2, 0.25) is 5.91 Å². The fourth-order valence-corrected chi connectivity index (χ4v) is 1.22. The minimum absolute atomic E-state index is 0.168. The van der Waals surface area contributed by atoms with Crippen LogP contribution in [0.2, 0.25) is 0 Å². The highest BCUT2D eigenvalue weighted by Crippen LogP contribution is 2.12. The largest absolute Gasteiger partial charge is 0.463 e. The van der Waals surface area contributed by atoms with E-state index in [1.54, 1.807) is 6.92 Å². The molecular formula is C12H21NO3. The molecule has 0 aromatic rings. The minimum Gasteiger partial charge on any atom is -0.463 e. The van der Waals surface area contributed by atoms with E-state index in [2.05, 4.69) is 19.2 Å². The lowest BCUT2D eigenvalue weighted by Crippen LogP contribution is -2.22. The number of allylic oxidation sites excluding steroid dienone is 1. The second kappa shape index (κ2) is 7.91. The van der Waals surface area contributed by atoms with Crippen LogP contribution in [0, 0.1) is 5.92 Å². The molecule has 0 aromatic heterocycles. The van der Waals surface area contributed by atoms with Crippen LogP contribution >= 0.6 is 0 Å². The van der Waals surface area contributed by atoms with E-state index in [1.165, 1.54) is 13.0 Å². The van der Waals surface area contributed by atoms with Gasteiger partial charge in [-0.2, -0.15) is 0 Å². The Morgan fingerprint density at radius 3 is 2.44 bits per heavy atom. The normalized spacial score (nSPS) is 13.1. The van der Waals surface area contributed by atoms with Crippen LogP contribution in [0.15, 0.2) is 11.8 Å². The molecule has 0 saturated heterocycles. The summed E-state index contributed by atoms with van der Waals surface area (Å²) in [7, 11) is 0. The van der Waals surface area contributed by atoms with Gasteiger partial charge in [-0.05, 0) is 19.3 Å². The smallest absolute Gasteiger partial charge is 0.332 e. The third-order valence-electron chi connectivity index (χ3n) is 2.18. The van der Waals surface area contributed by atoms with Crippen molar-refractivity contribution in [1.82, 2.24) is 5.32 Å². The van der Waals surface area contributed by atoms with Crippen molar-refractivity contribution in [2.45, 2.75) is 40.5 Å². The summed E-state index contributed by atoms with van der Waals surface area (Å²) in [6.45, 7) is 7.65. The van der Waals surface area contributed by atoms with E-state index in [0.29, 0.717) is 24.6 Å². The average molecular weight is 227 g/mol. The van der Waals surface area contributed by atoms with Crippen molar-refractivity contribution in [2.24, 2.45) is 5.92 Å². The molecule has 92 valence electrons. The zero-order valence-corrected chi connectivity index (χ0v) is 10.5. The van der Waals surface area contributed by atoms with Gasteiger partial charge in [0.1, 0.15) is 0 Å². The van der Waals surface area contributed by atoms with E-state index in [-0.39, 0.29) is 5.91 Å². The summed E-state index contributed by atoms with van der Waals surface area (Å²) in [6.07, 6.45) is 3.03. The lowest BCUT2D eigenvalue weighted by Gasteiger charge is -2.12. The predicted molar refractivity (Wildman–Crippen MR) is 62.6 cm³/mol. The van der Waals surface area contributed by atoms with Gasteiger partial charge < -0.3 is 10.1 Å². The molecule has 0 spiro atoms. The third kappa shape index (κ3) is 7.04. The second-order valence-corrected chi connectivity index (χ2v) is 3.82. The first kappa shape index (κ1) is 14.7. The van der Waals surface area contributed by atoms with Crippen LogP contribution in [0.4, 0.5) is 0 Å². The van der Waals surface area contributed by atoms with Crippen LogP contribution in [0.1, 0.15) is 40.5 Å². The summed E-state index contributed by atoms with van der Waals surface area (Å²) < 4.78 is 4.80. The molecule has 4 nitrogen and oxygen atoms in total. The molecule has 0 aromatic carbocycles. The molecule has 4 heteroatoms. The summed E-state index contributed by atoms with van der Waals surface area (Å²) >= 11 is 0. The second-order valence-electron chi connectivity index (χ2n) is 3.82. The molecule has 0 radical (unpaired) electrons. The third-order valence-corrected chi connectivity index (χ3v) is 2.18. The topological polar surface area (TPSA) is 55.4 Å². The molecule has 0 unspecified atom stereocenters. The Morgan fingerprint density at radius 1 is 1.38 bits per heavy atom. The number of ether oxygens (including phenoxy) is 1. The van der Waals surface area contributed by atoms with E-state index < -0.39 is 5.97 Å². The van der Waals surface area contributed by atoms with E-state index in [9.17, 15) is 9.59 Å². The lowest BCUT2D eigenvalue weighted by molar-refractivity contribution is -0.137. The summed E-state index contributed by atoms with van der Waals surface area (Å²) in [6, 6.07) is 0. The first-order valence-electron chi connectivity index (χ1n) is 5.64. The quantitative estimate of drug-likeness (QED) is 0.558. The fourth-order valence-electron chi connectivity index (χ4n) is 1.22. The van der Waals surface area contributed by atoms with Crippen molar-refractivity contribution in [3.05, 3.63) is 11.8 Å². The van der Waals surface area contributed by atoms with Gasteiger partial charge in [0.25, 0.3) is 0 Å². The Labute approximate surface area is 97.1 Å². The molecule has 0 fully saturated rings. The molecule has 0 bridgehead atoms. The number of amides is 1. The van der Waals surface area contributed by atoms with Crippen LogP contribution in [-0.4, -0.2) is 18.5 Å². The predicted octanol–water partition coefficient (Wildman–Crippen LogP) is 2.01. The first-order chi connectivity index (χ1) is 7.49. The average Bonchev–Trinajstić information content (AvgIpc) is 2.16. The Morgan fingerprint density at radius 2 is 2.00 bits per heavy atom. The van der Waals surface area contributed by atoms with Gasteiger partial charge in [0, 0.05) is 18.7 Å². The number of carbonyl (C=O) groups is 2. The highest BCUT2D eigenvalue weighted by atomic mass is 16.5. The van der Waals surface area contributed by atoms with Gasteiger partial charge in [-0.15, -0.1) is 0 Å². The van der Waals surface area contributed by atoms with Crippen LogP contribution in [0.5, 0.6) is 0 Å². The Hall–Kier alpha value is -1.32. The Bertz CT molecular complexity index is 271. The van der Waals surface area contributed by atoms with Crippen molar-refractivity contribution in [3.63, 3.8) is 0 Å². The maximum absolute atomic E-state index is 11.3.